The van der Waals surface area contributed by atoms with E-state index in [0.717, 1.165) is 5.69 Å². The minimum Gasteiger partial charge on any atom is -0.344 e. The van der Waals surface area contributed by atoms with Gasteiger partial charge in [0.15, 0.2) is 0 Å². The summed E-state index contributed by atoms with van der Waals surface area (Å²) < 4.78 is 1.57. The van der Waals surface area contributed by atoms with E-state index in [-0.39, 0.29) is 17.9 Å². The van der Waals surface area contributed by atoms with Crippen molar-refractivity contribution in [1.82, 2.24) is 19.7 Å². The minimum absolute atomic E-state index is 0.0627. The van der Waals surface area contributed by atoms with E-state index in [1.165, 1.54) is 6.20 Å². The van der Waals surface area contributed by atoms with E-state index in [1.54, 1.807) is 41.0 Å². The standard InChI is InChI=1S/C18H18N4O2/c1-21(11-9-14-6-4-5-10-19-14)18(24)13-22-16-8-3-2-7-15(16)17(23)12-20-22/h2-8,10,12H,9,11,13H2,1H3. The normalized spacial score (nSPS) is 10.7. The smallest absolute Gasteiger partial charge is 0.244 e. The molecule has 0 aliphatic carbocycles. The molecule has 0 saturated carbocycles. The highest BCUT2D eigenvalue weighted by Crippen LogP contribution is 2.08. The molecule has 0 saturated heterocycles. The summed E-state index contributed by atoms with van der Waals surface area (Å²) in [6, 6.07) is 12.9. The van der Waals surface area contributed by atoms with Gasteiger partial charge in [0.25, 0.3) is 0 Å². The maximum absolute atomic E-state index is 12.4. The molecule has 2 aromatic heterocycles. The van der Waals surface area contributed by atoms with Crippen molar-refractivity contribution >= 4 is 16.8 Å². The van der Waals surface area contributed by atoms with Crippen LogP contribution in [-0.2, 0) is 17.8 Å². The second kappa shape index (κ2) is 7.04. The van der Waals surface area contributed by atoms with Crippen molar-refractivity contribution in [2.45, 2.75) is 13.0 Å². The number of carbonyl (C=O) groups is 1. The van der Waals surface area contributed by atoms with E-state index in [1.807, 2.05) is 24.3 Å². The summed E-state index contributed by atoms with van der Waals surface area (Å²) in [5.41, 5.74) is 1.47. The van der Waals surface area contributed by atoms with Gasteiger partial charge in [0.1, 0.15) is 6.54 Å². The molecule has 0 aliphatic rings. The van der Waals surface area contributed by atoms with Crippen LogP contribution in [-0.4, -0.2) is 39.2 Å². The van der Waals surface area contributed by atoms with Crippen LogP contribution in [0.3, 0.4) is 0 Å². The zero-order valence-electron chi connectivity index (χ0n) is 13.4. The molecule has 122 valence electrons. The van der Waals surface area contributed by atoms with Crippen molar-refractivity contribution in [3.8, 4) is 0 Å². The number of pyridine rings is 1. The average molecular weight is 322 g/mol. The highest BCUT2D eigenvalue weighted by molar-refractivity contribution is 5.81. The lowest BCUT2D eigenvalue weighted by molar-refractivity contribution is -0.130. The first-order chi connectivity index (χ1) is 11.6. The Balaban J connectivity index is 1.70. The molecule has 1 aromatic carbocycles. The van der Waals surface area contributed by atoms with Gasteiger partial charge in [0.05, 0.1) is 11.7 Å². The Morgan fingerprint density at radius 3 is 2.75 bits per heavy atom. The molecule has 1 amide bonds. The van der Waals surface area contributed by atoms with E-state index in [0.29, 0.717) is 23.9 Å². The maximum atomic E-state index is 12.4. The lowest BCUT2D eigenvalue weighted by Crippen LogP contribution is -2.33. The molecule has 3 rings (SSSR count). The molecule has 0 radical (unpaired) electrons. The number of likely N-dealkylation sites (N-methyl/N-ethyl adjacent to an activating group) is 1. The zero-order valence-corrected chi connectivity index (χ0v) is 13.4. The first kappa shape index (κ1) is 15.9. The molecule has 3 aromatic rings. The Morgan fingerprint density at radius 1 is 1.17 bits per heavy atom. The predicted molar refractivity (Wildman–Crippen MR) is 91.6 cm³/mol. The number of amides is 1. The van der Waals surface area contributed by atoms with Crippen LogP contribution in [0.1, 0.15) is 5.69 Å². The van der Waals surface area contributed by atoms with E-state index in [9.17, 15) is 9.59 Å². The largest absolute Gasteiger partial charge is 0.344 e. The van der Waals surface area contributed by atoms with Crippen LogP contribution in [0, 0.1) is 0 Å². The fraction of sp³-hybridized carbons (Fsp3) is 0.222. The van der Waals surface area contributed by atoms with Crippen LogP contribution < -0.4 is 5.43 Å². The van der Waals surface area contributed by atoms with Crippen LogP contribution in [0.25, 0.3) is 10.9 Å². The molecular formula is C18H18N4O2. The summed E-state index contributed by atoms with van der Waals surface area (Å²) in [7, 11) is 1.76. The van der Waals surface area contributed by atoms with Crippen LogP contribution in [0.15, 0.2) is 59.7 Å². The molecule has 0 bridgehead atoms. The third-order valence-electron chi connectivity index (χ3n) is 3.90. The molecule has 6 nitrogen and oxygen atoms in total. The van der Waals surface area contributed by atoms with Gasteiger partial charge in [-0.05, 0) is 24.3 Å². The van der Waals surface area contributed by atoms with Gasteiger partial charge in [0.2, 0.25) is 11.3 Å². The number of nitrogens with zero attached hydrogens (tertiary/aromatic N) is 4. The number of para-hydroxylation sites is 1. The maximum Gasteiger partial charge on any atom is 0.244 e. The molecule has 6 heteroatoms. The lowest BCUT2D eigenvalue weighted by Gasteiger charge is -2.18. The third-order valence-corrected chi connectivity index (χ3v) is 3.90. The first-order valence-corrected chi connectivity index (χ1v) is 7.74. The van der Waals surface area contributed by atoms with Crippen LogP contribution in [0.2, 0.25) is 0 Å². The molecule has 0 N–H and O–H groups in total. The second-order valence-electron chi connectivity index (χ2n) is 5.57. The number of hydrogen-bond donors (Lipinski definition) is 0. The summed E-state index contributed by atoms with van der Waals surface area (Å²) >= 11 is 0. The Hall–Kier alpha value is -3.02. The second-order valence-corrected chi connectivity index (χ2v) is 5.57. The Morgan fingerprint density at radius 2 is 1.96 bits per heavy atom. The minimum atomic E-state index is -0.141. The van der Waals surface area contributed by atoms with E-state index in [2.05, 4.69) is 10.1 Å². The number of rotatable bonds is 5. The quantitative estimate of drug-likeness (QED) is 0.714. The topological polar surface area (TPSA) is 68.1 Å². The highest BCUT2D eigenvalue weighted by Gasteiger charge is 2.12. The third kappa shape index (κ3) is 3.48. The zero-order chi connectivity index (χ0) is 16.9. The van der Waals surface area contributed by atoms with Crippen molar-refractivity contribution < 1.29 is 4.79 Å². The van der Waals surface area contributed by atoms with Crippen molar-refractivity contribution in [1.29, 1.82) is 0 Å². The number of hydrogen-bond acceptors (Lipinski definition) is 4. The van der Waals surface area contributed by atoms with Gasteiger partial charge in [-0.1, -0.05) is 18.2 Å². The van der Waals surface area contributed by atoms with E-state index >= 15 is 0 Å². The van der Waals surface area contributed by atoms with Gasteiger partial charge in [-0.3, -0.25) is 19.3 Å². The molecule has 0 atom stereocenters. The Bertz CT molecular complexity index is 906. The van der Waals surface area contributed by atoms with Crippen LogP contribution in [0.5, 0.6) is 0 Å². The molecule has 0 unspecified atom stereocenters. The lowest BCUT2D eigenvalue weighted by atomic mass is 10.2. The van der Waals surface area contributed by atoms with Crippen LogP contribution in [0.4, 0.5) is 0 Å². The summed E-state index contributed by atoms with van der Waals surface area (Å²) in [6.45, 7) is 0.674. The van der Waals surface area contributed by atoms with Crippen molar-refractivity contribution in [2.75, 3.05) is 13.6 Å². The molecule has 2 heterocycles. The number of fused-ring (bicyclic) bond motifs is 1. The Kier molecular flexibility index (Phi) is 4.65. The summed E-state index contributed by atoms with van der Waals surface area (Å²) in [6.07, 6.45) is 3.69. The monoisotopic (exact) mass is 322 g/mol. The van der Waals surface area contributed by atoms with E-state index in [4.69, 9.17) is 0 Å². The molecule has 0 aliphatic heterocycles. The molecular weight excluding hydrogens is 304 g/mol. The van der Waals surface area contributed by atoms with Crippen molar-refractivity contribution in [3.63, 3.8) is 0 Å². The molecule has 0 spiro atoms. The van der Waals surface area contributed by atoms with Crippen LogP contribution >= 0.6 is 0 Å². The van der Waals surface area contributed by atoms with E-state index < -0.39 is 0 Å². The Labute approximate surface area is 139 Å². The highest BCUT2D eigenvalue weighted by atomic mass is 16.2. The number of benzene rings is 1. The SMILES string of the molecule is CN(CCc1ccccn1)C(=O)Cn1ncc(=O)c2ccccc21. The summed E-state index contributed by atoms with van der Waals surface area (Å²) in [5.74, 6) is -0.0627. The fourth-order valence-corrected chi connectivity index (χ4v) is 2.49. The van der Waals surface area contributed by atoms with Gasteiger partial charge < -0.3 is 4.90 Å². The summed E-state index contributed by atoms with van der Waals surface area (Å²) in [4.78, 5) is 30.2. The van der Waals surface area contributed by atoms with Gasteiger partial charge in [0, 0.05) is 37.3 Å². The van der Waals surface area contributed by atoms with Gasteiger partial charge >= 0.3 is 0 Å². The van der Waals surface area contributed by atoms with Gasteiger partial charge in [-0.2, -0.15) is 5.10 Å². The molecule has 0 fully saturated rings. The first-order valence-electron chi connectivity index (χ1n) is 7.74. The average Bonchev–Trinajstić information content (AvgIpc) is 2.63. The number of carbonyl (C=O) groups excluding carboxylic acids is 1. The fourth-order valence-electron chi connectivity index (χ4n) is 2.49. The van der Waals surface area contributed by atoms with Gasteiger partial charge in [-0.15, -0.1) is 0 Å². The molecule has 24 heavy (non-hydrogen) atoms. The summed E-state index contributed by atoms with van der Waals surface area (Å²) in [5, 5.41) is 4.66. The van der Waals surface area contributed by atoms with Crippen molar-refractivity contribution in [3.05, 3.63) is 70.8 Å². The predicted octanol–water partition coefficient (Wildman–Crippen LogP) is 1.49. The number of aromatic nitrogens is 3. The van der Waals surface area contributed by atoms with Crippen molar-refractivity contribution in [2.24, 2.45) is 0 Å². The van der Waals surface area contributed by atoms with Gasteiger partial charge in [-0.25, -0.2) is 0 Å².